The van der Waals surface area contributed by atoms with E-state index in [1.807, 2.05) is 84.3 Å². The number of amides is 1. The lowest BCUT2D eigenvalue weighted by Crippen LogP contribution is -2.24. The lowest BCUT2D eigenvalue weighted by Gasteiger charge is -2.11. The Balaban J connectivity index is 1.35. The van der Waals surface area contributed by atoms with Gasteiger partial charge in [0.2, 0.25) is 0 Å². The third-order valence-electron chi connectivity index (χ3n) is 6.28. The SMILES string of the molecule is COc1ccc(Cc2nc3ccccc3n2CC(=O)NN=Cc2c(C)nn(-c3ccccc3)c2Cl)cc1OC. The molecule has 0 radical (unpaired) electrons. The van der Waals surface area contributed by atoms with Crippen molar-refractivity contribution < 1.29 is 14.3 Å². The van der Waals surface area contributed by atoms with Crippen LogP contribution in [0.3, 0.4) is 0 Å². The van der Waals surface area contributed by atoms with Crippen LogP contribution in [0.4, 0.5) is 0 Å². The fourth-order valence-electron chi connectivity index (χ4n) is 4.36. The van der Waals surface area contributed by atoms with Crippen molar-refractivity contribution in [3.05, 3.63) is 101 Å². The van der Waals surface area contributed by atoms with E-state index in [-0.39, 0.29) is 12.5 Å². The molecule has 3 aromatic carbocycles. The van der Waals surface area contributed by atoms with Gasteiger partial charge in [-0.2, -0.15) is 10.2 Å². The van der Waals surface area contributed by atoms with Crippen molar-refractivity contribution in [3.63, 3.8) is 0 Å². The lowest BCUT2D eigenvalue weighted by molar-refractivity contribution is -0.121. The molecule has 1 N–H and O–H groups in total. The van der Waals surface area contributed by atoms with E-state index < -0.39 is 0 Å². The number of hydrogen-bond donors (Lipinski definition) is 1. The summed E-state index contributed by atoms with van der Waals surface area (Å²) in [5, 5.41) is 9.07. The van der Waals surface area contributed by atoms with Crippen molar-refractivity contribution in [2.24, 2.45) is 5.10 Å². The molecule has 0 saturated carbocycles. The van der Waals surface area contributed by atoms with E-state index in [0.29, 0.717) is 34.3 Å². The van der Waals surface area contributed by atoms with Gasteiger partial charge in [-0.05, 0) is 48.9 Å². The summed E-state index contributed by atoms with van der Waals surface area (Å²) in [5.74, 6) is 1.73. The molecule has 2 heterocycles. The number of halogens is 1. The second-order valence-electron chi connectivity index (χ2n) is 8.80. The van der Waals surface area contributed by atoms with Crippen molar-refractivity contribution in [3.8, 4) is 17.2 Å². The minimum atomic E-state index is -0.299. The van der Waals surface area contributed by atoms with E-state index >= 15 is 0 Å². The molecule has 2 aromatic heterocycles. The van der Waals surface area contributed by atoms with Gasteiger partial charge >= 0.3 is 0 Å². The van der Waals surface area contributed by atoms with Gasteiger partial charge in [0.25, 0.3) is 5.91 Å². The number of imidazole rings is 1. The maximum atomic E-state index is 13.0. The van der Waals surface area contributed by atoms with Gasteiger partial charge in [0, 0.05) is 6.42 Å². The molecule has 0 saturated heterocycles. The highest BCUT2D eigenvalue weighted by Crippen LogP contribution is 2.29. The van der Waals surface area contributed by atoms with E-state index in [0.717, 1.165) is 28.1 Å². The molecule has 9 nitrogen and oxygen atoms in total. The molecule has 0 unspecified atom stereocenters. The van der Waals surface area contributed by atoms with Gasteiger partial charge in [-0.1, -0.05) is 48.0 Å². The number of carbonyl (C=O) groups is 1. The minimum absolute atomic E-state index is 0.0382. The van der Waals surface area contributed by atoms with E-state index in [1.54, 1.807) is 18.9 Å². The number of carbonyl (C=O) groups excluding carboxylic acids is 1. The fraction of sp³-hybridized carbons (Fsp3) is 0.172. The molecule has 0 aliphatic heterocycles. The summed E-state index contributed by atoms with van der Waals surface area (Å²) >= 11 is 6.57. The normalized spacial score (nSPS) is 11.3. The molecule has 1 amide bonds. The Bertz CT molecular complexity index is 1660. The Morgan fingerprint density at radius 2 is 1.77 bits per heavy atom. The van der Waals surface area contributed by atoms with Crippen LogP contribution >= 0.6 is 11.6 Å². The Labute approximate surface area is 230 Å². The quantitative estimate of drug-likeness (QED) is 0.210. The summed E-state index contributed by atoms with van der Waals surface area (Å²) in [4.78, 5) is 17.8. The van der Waals surface area contributed by atoms with E-state index in [4.69, 9.17) is 26.1 Å². The maximum absolute atomic E-state index is 13.0. The molecule has 5 rings (SSSR count). The zero-order valence-electron chi connectivity index (χ0n) is 21.8. The zero-order chi connectivity index (χ0) is 27.4. The lowest BCUT2D eigenvalue weighted by atomic mass is 10.1. The molecule has 5 aromatic rings. The number of methoxy groups -OCH3 is 2. The number of ether oxygens (including phenoxy) is 2. The van der Waals surface area contributed by atoms with Crippen LogP contribution in [0.15, 0.2) is 77.9 Å². The smallest absolute Gasteiger partial charge is 0.260 e. The molecule has 198 valence electrons. The second-order valence-corrected chi connectivity index (χ2v) is 9.16. The molecule has 0 spiro atoms. The van der Waals surface area contributed by atoms with Gasteiger partial charge in [-0.25, -0.2) is 15.1 Å². The van der Waals surface area contributed by atoms with E-state index in [2.05, 4.69) is 15.6 Å². The van der Waals surface area contributed by atoms with Gasteiger partial charge in [-0.3, -0.25) is 4.79 Å². The van der Waals surface area contributed by atoms with Crippen molar-refractivity contribution in [1.29, 1.82) is 0 Å². The topological polar surface area (TPSA) is 95.6 Å². The number of hydrogen-bond acceptors (Lipinski definition) is 6. The number of hydrazone groups is 1. The molecular weight excluding hydrogens is 516 g/mol. The van der Waals surface area contributed by atoms with Gasteiger partial charge in [-0.15, -0.1) is 0 Å². The van der Waals surface area contributed by atoms with Crippen LogP contribution in [0.2, 0.25) is 5.15 Å². The predicted molar refractivity (Wildman–Crippen MR) is 151 cm³/mol. The molecule has 10 heteroatoms. The summed E-state index contributed by atoms with van der Waals surface area (Å²) in [7, 11) is 3.20. The number of benzene rings is 3. The number of rotatable bonds is 9. The predicted octanol–water partition coefficient (Wildman–Crippen LogP) is 4.94. The number of aryl methyl sites for hydroxylation is 1. The van der Waals surface area contributed by atoms with Crippen molar-refractivity contribution in [2.75, 3.05) is 14.2 Å². The molecule has 0 bridgehead atoms. The van der Waals surface area contributed by atoms with E-state index in [1.165, 1.54) is 6.21 Å². The van der Waals surface area contributed by atoms with Gasteiger partial charge in [0.15, 0.2) is 11.5 Å². The highest BCUT2D eigenvalue weighted by molar-refractivity contribution is 6.32. The van der Waals surface area contributed by atoms with Crippen molar-refractivity contribution >= 4 is 34.8 Å². The Hall–Kier alpha value is -4.63. The molecule has 0 aliphatic carbocycles. The summed E-state index contributed by atoms with van der Waals surface area (Å²) < 4.78 is 14.3. The fourth-order valence-corrected chi connectivity index (χ4v) is 4.68. The first kappa shape index (κ1) is 26.0. The summed E-state index contributed by atoms with van der Waals surface area (Å²) in [6.07, 6.45) is 2.01. The van der Waals surface area contributed by atoms with Gasteiger partial charge < -0.3 is 14.0 Å². The average molecular weight is 543 g/mol. The second kappa shape index (κ2) is 11.4. The minimum Gasteiger partial charge on any atom is -0.493 e. The van der Waals surface area contributed by atoms with Crippen LogP contribution in [0.1, 0.15) is 22.6 Å². The Kier molecular flexibility index (Phi) is 7.60. The average Bonchev–Trinajstić information content (AvgIpc) is 3.44. The third-order valence-corrected chi connectivity index (χ3v) is 6.64. The molecule has 0 atom stereocenters. The first-order valence-electron chi connectivity index (χ1n) is 12.3. The number of nitrogens with zero attached hydrogens (tertiary/aromatic N) is 5. The van der Waals surface area contributed by atoms with Gasteiger partial charge in [0.05, 0.1) is 48.4 Å². The first-order valence-corrected chi connectivity index (χ1v) is 12.6. The zero-order valence-corrected chi connectivity index (χ0v) is 22.5. The van der Waals surface area contributed by atoms with E-state index in [9.17, 15) is 4.79 Å². The highest BCUT2D eigenvalue weighted by Gasteiger charge is 2.16. The monoisotopic (exact) mass is 542 g/mol. The first-order chi connectivity index (χ1) is 19.0. The number of fused-ring (bicyclic) bond motifs is 1. The van der Waals surface area contributed by atoms with Crippen LogP contribution in [0, 0.1) is 6.92 Å². The Morgan fingerprint density at radius 1 is 1.03 bits per heavy atom. The third kappa shape index (κ3) is 5.49. The summed E-state index contributed by atoms with van der Waals surface area (Å²) in [6, 6.07) is 23.0. The largest absolute Gasteiger partial charge is 0.493 e. The maximum Gasteiger partial charge on any atom is 0.260 e. The Morgan fingerprint density at radius 3 is 2.54 bits per heavy atom. The molecule has 39 heavy (non-hydrogen) atoms. The summed E-state index contributed by atoms with van der Waals surface area (Å²) in [5.41, 5.74) is 7.41. The standard InChI is InChI=1S/C29H27ClN6O3/c1-19-22(29(30)36(34-19)21-9-5-4-6-10-21)17-31-33-28(37)18-35-24-12-8-7-11-23(24)32-27(35)16-20-13-14-25(38-2)26(15-20)39-3/h4-15,17H,16,18H2,1-3H3,(H,33,37). The molecule has 0 fully saturated rings. The number of nitrogens with one attached hydrogen (secondary N) is 1. The summed E-state index contributed by atoms with van der Waals surface area (Å²) in [6.45, 7) is 1.88. The molecule has 0 aliphatic rings. The number of para-hydroxylation sites is 3. The number of aromatic nitrogens is 4. The van der Waals surface area contributed by atoms with Crippen LogP contribution in [0.25, 0.3) is 16.7 Å². The van der Waals surface area contributed by atoms with Crippen LogP contribution in [-0.4, -0.2) is 45.7 Å². The van der Waals surface area contributed by atoms with Gasteiger partial charge in [0.1, 0.15) is 17.5 Å². The highest BCUT2D eigenvalue weighted by atomic mass is 35.5. The van der Waals surface area contributed by atoms with Crippen LogP contribution in [0.5, 0.6) is 11.5 Å². The van der Waals surface area contributed by atoms with Crippen LogP contribution in [-0.2, 0) is 17.8 Å². The van der Waals surface area contributed by atoms with Crippen molar-refractivity contribution in [1.82, 2.24) is 24.8 Å². The van der Waals surface area contributed by atoms with Crippen LogP contribution < -0.4 is 14.9 Å². The molecular formula is C29H27ClN6O3. The van der Waals surface area contributed by atoms with Crippen molar-refractivity contribution in [2.45, 2.75) is 19.9 Å².